The number of phosphoric acid groups is 1. The van der Waals surface area contributed by atoms with E-state index < -0.39 is 20.0 Å². The Balaban J connectivity index is 4.04. The largest absolute Gasteiger partial charge is 0.756 e. The van der Waals surface area contributed by atoms with Crippen molar-refractivity contribution in [2.75, 3.05) is 40.9 Å². The summed E-state index contributed by atoms with van der Waals surface area (Å²) in [5.41, 5.74) is 0. The number of allylic oxidation sites excluding steroid dienone is 7. The Kier molecular flexibility index (Phi) is 36.9. The number of hydrogen-bond donors (Lipinski definition) is 2. The minimum atomic E-state index is -4.57. The molecule has 1 amide bonds. The van der Waals surface area contributed by atoms with E-state index in [1.165, 1.54) is 109 Å². The number of amides is 1. The second kappa shape index (κ2) is 38.0. The average Bonchev–Trinajstić information content (AvgIpc) is 3.13. The van der Waals surface area contributed by atoms with Crippen molar-refractivity contribution in [2.45, 2.75) is 199 Å². The van der Waals surface area contributed by atoms with Gasteiger partial charge in [-0.25, -0.2) is 0 Å². The molecule has 0 aliphatic heterocycles. The highest BCUT2D eigenvalue weighted by atomic mass is 31.2. The van der Waals surface area contributed by atoms with Crippen molar-refractivity contribution in [1.29, 1.82) is 0 Å². The highest BCUT2D eigenvalue weighted by molar-refractivity contribution is 7.45. The Bertz CT molecular complexity index is 1040. The standard InChI is InChI=1S/C46H87N2O6P/c1-6-8-10-12-14-15-16-17-18-19-20-21-22-23-24-25-26-27-28-29-30-31-32-33-34-36-38-40-46(50)47-44(45(49)39-37-35-13-11-9-7-2)43-54-55(51,52)53-42-41-48(3,4)5/h16-17,19-20,22-23,37,39,44-45,49H,6-15,18,21,24-36,38,40-43H2,1-5H3,(H-,47,50,51,52)/b17-16-,20-19-,23-22-,39-37+. The van der Waals surface area contributed by atoms with Crippen LogP contribution in [0.5, 0.6) is 0 Å². The number of unbranched alkanes of at least 4 members (excludes halogenated alkanes) is 21. The van der Waals surface area contributed by atoms with Crippen LogP contribution in [0.4, 0.5) is 0 Å². The van der Waals surface area contributed by atoms with Crippen molar-refractivity contribution >= 4 is 13.7 Å². The van der Waals surface area contributed by atoms with Crippen LogP contribution in [0.3, 0.4) is 0 Å². The lowest BCUT2D eigenvalue weighted by Gasteiger charge is -2.29. The summed E-state index contributed by atoms with van der Waals surface area (Å²) in [4.78, 5) is 25.1. The molecule has 3 atom stereocenters. The molecule has 0 aliphatic rings. The molecule has 0 spiro atoms. The molecule has 322 valence electrons. The first kappa shape index (κ1) is 53.5. The van der Waals surface area contributed by atoms with E-state index >= 15 is 0 Å². The molecule has 8 nitrogen and oxygen atoms in total. The summed E-state index contributed by atoms with van der Waals surface area (Å²) in [7, 11) is 1.25. The number of nitrogens with zero attached hydrogens (tertiary/aromatic N) is 1. The Hall–Kier alpha value is -1.54. The van der Waals surface area contributed by atoms with E-state index in [1.54, 1.807) is 6.08 Å². The van der Waals surface area contributed by atoms with E-state index in [0.717, 1.165) is 57.8 Å². The van der Waals surface area contributed by atoms with Gasteiger partial charge in [0.1, 0.15) is 13.2 Å². The molecule has 0 bridgehead atoms. The Morgan fingerprint density at radius 2 is 1.05 bits per heavy atom. The lowest BCUT2D eigenvalue weighted by atomic mass is 10.0. The molecule has 0 fully saturated rings. The van der Waals surface area contributed by atoms with E-state index in [0.29, 0.717) is 17.4 Å². The van der Waals surface area contributed by atoms with E-state index in [9.17, 15) is 19.4 Å². The van der Waals surface area contributed by atoms with Gasteiger partial charge in [-0.3, -0.25) is 9.36 Å². The van der Waals surface area contributed by atoms with Gasteiger partial charge >= 0.3 is 0 Å². The van der Waals surface area contributed by atoms with Crippen molar-refractivity contribution in [3.63, 3.8) is 0 Å². The van der Waals surface area contributed by atoms with Gasteiger partial charge in [0.15, 0.2) is 0 Å². The number of hydrogen-bond acceptors (Lipinski definition) is 6. The molecule has 0 aliphatic carbocycles. The molecule has 0 heterocycles. The van der Waals surface area contributed by atoms with Crippen LogP contribution in [0.1, 0.15) is 187 Å². The van der Waals surface area contributed by atoms with Gasteiger partial charge in [-0.2, -0.15) is 0 Å². The number of carbonyl (C=O) groups excluding carboxylic acids is 1. The Labute approximate surface area is 339 Å². The molecule has 55 heavy (non-hydrogen) atoms. The quantitative estimate of drug-likeness (QED) is 0.0277. The van der Waals surface area contributed by atoms with Gasteiger partial charge in [0.2, 0.25) is 5.91 Å². The van der Waals surface area contributed by atoms with Crippen molar-refractivity contribution in [3.05, 3.63) is 48.6 Å². The highest BCUT2D eigenvalue weighted by Gasteiger charge is 2.23. The monoisotopic (exact) mass is 795 g/mol. The summed E-state index contributed by atoms with van der Waals surface area (Å²) < 4.78 is 23.0. The first-order valence-electron chi connectivity index (χ1n) is 22.5. The average molecular weight is 795 g/mol. The number of aliphatic hydroxyl groups excluding tert-OH is 1. The summed E-state index contributed by atoms with van der Waals surface area (Å²) >= 11 is 0. The van der Waals surface area contributed by atoms with Crippen LogP contribution in [0, 0.1) is 0 Å². The lowest BCUT2D eigenvalue weighted by molar-refractivity contribution is -0.870. The molecule has 2 N–H and O–H groups in total. The van der Waals surface area contributed by atoms with Crippen molar-refractivity contribution in [2.24, 2.45) is 0 Å². The third-order valence-corrected chi connectivity index (χ3v) is 10.7. The third kappa shape index (κ3) is 40.5. The van der Waals surface area contributed by atoms with Crippen LogP contribution in [0.15, 0.2) is 48.6 Å². The number of phosphoric ester groups is 1. The maximum Gasteiger partial charge on any atom is 0.268 e. The van der Waals surface area contributed by atoms with Gasteiger partial charge in [-0.1, -0.05) is 172 Å². The molecule has 0 aromatic rings. The SMILES string of the molecule is CCCCCC/C=C/C(O)C(COP(=O)([O-])OCC[N+](C)(C)C)NC(=O)CCCCCCCCCCCCCC/C=C\C/C=C\C/C=C\CCCCCCC. The zero-order valence-electron chi connectivity index (χ0n) is 36.4. The van der Waals surface area contributed by atoms with Crippen LogP contribution in [-0.4, -0.2) is 68.5 Å². The zero-order chi connectivity index (χ0) is 40.7. The van der Waals surface area contributed by atoms with E-state index in [-0.39, 0.29) is 19.1 Å². The number of likely N-dealkylation sites (N-methyl/N-ethyl adjacent to an activating group) is 1. The van der Waals surface area contributed by atoms with Crippen LogP contribution < -0.4 is 10.2 Å². The van der Waals surface area contributed by atoms with Gasteiger partial charge < -0.3 is 28.8 Å². The van der Waals surface area contributed by atoms with Crippen LogP contribution in [0.25, 0.3) is 0 Å². The van der Waals surface area contributed by atoms with E-state index in [2.05, 4.69) is 55.6 Å². The second-order valence-corrected chi connectivity index (χ2v) is 17.8. The summed E-state index contributed by atoms with van der Waals surface area (Å²) in [5, 5.41) is 13.6. The molecule has 3 unspecified atom stereocenters. The maximum absolute atomic E-state index is 12.8. The van der Waals surface area contributed by atoms with Gasteiger partial charge in [-0.05, 0) is 57.8 Å². The fraction of sp³-hybridized carbons (Fsp3) is 0.804. The molecule has 0 aromatic heterocycles. The zero-order valence-corrected chi connectivity index (χ0v) is 37.3. The molecular formula is C46H87N2O6P. The van der Waals surface area contributed by atoms with Gasteiger partial charge in [0.25, 0.3) is 7.82 Å². The van der Waals surface area contributed by atoms with Crippen molar-refractivity contribution in [3.8, 4) is 0 Å². The second-order valence-electron chi connectivity index (χ2n) is 16.4. The van der Waals surface area contributed by atoms with Crippen LogP contribution in [-0.2, 0) is 18.4 Å². The first-order chi connectivity index (χ1) is 26.5. The van der Waals surface area contributed by atoms with E-state index in [1.807, 2.05) is 27.2 Å². The number of nitrogens with one attached hydrogen (secondary N) is 1. The number of rotatable bonds is 40. The fourth-order valence-corrected chi connectivity index (χ4v) is 6.88. The smallest absolute Gasteiger partial charge is 0.268 e. The minimum Gasteiger partial charge on any atom is -0.756 e. The van der Waals surface area contributed by atoms with Crippen LogP contribution in [0.2, 0.25) is 0 Å². The molecule has 0 radical (unpaired) electrons. The lowest BCUT2D eigenvalue weighted by Crippen LogP contribution is -2.45. The van der Waals surface area contributed by atoms with Crippen molar-refractivity contribution < 1.29 is 32.9 Å². The topological polar surface area (TPSA) is 108 Å². The molecule has 0 saturated heterocycles. The van der Waals surface area contributed by atoms with Gasteiger partial charge in [-0.15, -0.1) is 0 Å². The number of aliphatic hydroxyl groups is 1. The Morgan fingerprint density at radius 3 is 1.55 bits per heavy atom. The van der Waals surface area contributed by atoms with Crippen molar-refractivity contribution in [1.82, 2.24) is 5.32 Å². The fourth-order valence-electron chi connectivity index (χ4n) is 6.16. The molecule has 0 rings (SSSR count). The highest BCUT2D eigenvalue weighted by Crippen LogP contribution is 2.38. The molecule has 0 aromatic carbocycles. The normalized spacial score (nSPS) is 14.8. The molecule has 9 heteroatoms. The van der Waals surface area contributed by atoms with Crippen LogP contribution >= 0.6 is 7.82 Å². The summed E-state index contributed by atoms with van der Waals surface area (Å²) in [6.07, 6.45) is 47.7. The first-order valence-corrected chi connectivity index (χ1v) is 24.0. The maximum atomic E-state index is 12.8. The van der Waals surface area contributed by atoms with Gasteiger partial charge in [0, 0.05) is 6.42 Å². The number of quaternary nitrogens is 1. The summed E-state index contributed by atoms with van der Waals surface area (Å²) in [6.45, 7) is 4.54. The predicted octanol–water partition coefficient (Wildman–Crippen LogP) is 11.8. The summed E-state index contributed by atoms with van der Waals surface area (Å²) in [6, 6.07) is -0.884. The third-order valence-electron chi connectivity index (χ3n) is 9.78. The number of carbonyl (C=O) groups is 1. The molecule has 0 saturated carbocycles. The molecular weight excluding hydrogens is 707 g/mol. The predicted molar refractivity (Wildman–Crippen MR) is 233 cm³/mol. The van der Waals surface area contributed by atoms with E-state index in [4.69, 9.17) is 9.05 Å². The summed E-state index contributed by atoms with van der Waals surface area (Å²) in [5.74, 6) is -0.207. The van der Waals surface area contributed by atoms with Gasteiger partial charge in [0.05, 0.1) is 39.9 Å². The Morgan fingerprint density at radius 1 is 0.636 bits per heavy atom. The minimum absolute atomic E-state index is 0.00325.